The van der Waals surface area contributed by atoms with Crippen LogP contribution >= 0.6 is 0 Å². The Labute approximate surface area is 95.9 Å². The first-order valence-corrected chi connectivity index (χ1v) is 5.50. The van der Waals surface area contributed by atoms with Gasteiger partial charge in [-0.3, -0.25) is 0 Å². The van der Waals surface area contributed by atoms with Crippen molar-refractivity contribution in [2.45, 2.75) is 13.5 Å². The number of benzene rings is 1. The van der Waals surface area contributed by atoms with Gasteiger partial charge in [-0.1, -0.05) is 13.0 Å². The Kier molecular flexibility index (Phi) is 5.22. The number of phenols is 1. The van der Waals surface area contributed by atoms with E-state index < -0.39 is 5.82 Å². The van der Waals surface area contributed by atoms with Crippen LogP contribution in [-0.2, 0) is 6.54 Å². The summed E-state index contributed by atoms with van der Waals surface area (Å²) >= 11 is 0. The third-order valence-corrected chi connectivity index (χ3v) is 2.55. The lowest BCUT2D eigenvalue weighted by Crippen LogP contribution is -2.28. The monoisotopic (exact) mass is 226 g/mol. The number of rotatable bonds is 6. The summed E-state index contributed by atoms with van der Waals surface area (Å²) in [5, 5.41) is 12.2. The van der Waals surface area contributed by atoms with Crippen molar-refractivity contribution in [1.82, 2.24) is 10.2 Å². The first-order valence-electron chi connectivity index (χ1n) is 5.50. The number of halogens is 1. The van der Waals surface area contributed by atoms with E-state index in [9.17, 15) is 4.39 Å². The summed E-state index contributed by atoms with van der Waals surface area (Å²) < 4.78 is 13.0. The van der Waals surface area contributed by atoms with Crippen molar-refractivity contribution < 1.29 is 9.50 Å². The van der Waals surface area contributed by atoms with Gasteiger partial charge in [0.25, 0.3) is 0 Å². The van der Waals surface area contributed by atoms with Gasteiger partial charge in [0.1, 0.15) is 0 Å². The number of nitrogens with zero attached hydrogens (tertiary/aromatic N) is 1. The van der Waals surface area contributed by atoms with Gasteiger partial charge in [0.05, 0.1) is 0 Å². The van der Waals surface area contributed by atoms with Gasteiger partial charge in [0.2, 0.25) is 0 Å². The van der Waals surface area contributed by atoms with E-state index in [2.05, 4.69) is 24.2 Å². The van der Waals surface area contributed by atoms with E-state index in [1.165, 1.54) is 12.1 Å². The number of aromatic hydroxyl groups is 1. The Morgan fingerprint density at radius 2 is 2.19 bits per heavy atom. The van der Waals surface area contributed by atoms with E-state index in [0.29, 0.717) is 6.54 Å². The predicted octanol–water partition coefficient (Wildman–Crippen LogP) is 1.57. The minimum absolute atomic E-state index is 0.297. The SMILES string of the molecule is CCN(C)CCNCc1ccc(O)c(F)c1. The van der Waals surface area contributed by atoms with Crippen molar-refractivity contribution in [3.05, 3.63) is 29.6 Å². The Morgan fingerprint density at radius 3 is 2.81 bits per heavy atom. The number of likely N-dealkylation sites (N-methyl/N-ethyl adjacent to an activating group) is 1. The Bertz CT molecular complexity index is 331. The lowest BCUT2D eigenvalue weighted by molar-refractivity contribution is 0.349. The molecule has 1 aromatic rings. The molecule has 0 aliphatic carbocycles. The summed E-state index contributed by atoms with van der Waals surface area (Å²) in [6, 6.07) is 4.45. The lowest BCUT2D eigenvalue weighted by atomic mass is 10.2. The van der Waals surface area contributed by atoms with Gasteiger partial charge < -0.3 is 15.3 Å². The topological polar surface area (TPSA) is 35.5 Å². The van der Waals surface area contributed by atoms with Crippen LogP contribution in [0.25, 0.3) is 0 Å². The Morgan fingerprint density at radius 1 is 1.44 bits per heavy atom. The van der Waals surface area contributed by atoms with Crippen molar-refractivity contribution in [3.63, 3.8) is 0 Å². The summed E-state index contributed by atoms with van der Waals surface area (Å²) in [7, 11) is 2.06. The van der Waals surface area contributed by atoms with Crippen molar-refractivity contribution in [1.29, 1.82) is 0 Å². The van der Waals surface area contributed by atoms with E-state index in [-0.39, 0.29) is 5.75 Å². The highest BCUT2D eigenvalue weighted by Gasteiger charge is 2.01. The van der Waals surface area contributed by atoms with Crippen molar-refractivity contribution in [2.24, 2.45) is 0 Å². The average molecular weight is 226 g/mol. The summed E-state index contributed by atoms with van der Waals surface area (Å²) in [4.78, 5) is 2.20. The first kappa shape index (κ1) is 12.9. The van der Waals surface area contributed by atoms with Crippen LogP contribution in [0.5, 0.6) is 5.75 Å². The molecule has 2 N–H and O–H groups in total. The molecular formula is C12H19FN2O. The zero-order valence-corrected chi connectivity index (χ0v) is 9.83. The molecule has 0 fully saturated rings. The molecule has 0 atom stereocenters. The van der Waals surface area contributed by atoms with Gasteiger partial charge in [-0.2, -0.15) is 0 Å². The number of nitrogens with one attached hydrogen (secondary N) is 1. The maximum Gasteiger partial charge on any atom is 0.165 e. The van der Waals surface area contributed by atoms with Crippen LogP contribution in [0, 0.1) is 5.82 Å². The van der Waals surface area contributed by atoms with E-state index in [1.54, 1.807) is 6.07 Å². The molecule has 0 aromatic heterocycles. The zero-order chi connectivity index (χ0) is 12.0. The van der Waals surface area contributed by atoms with Crippen LogP contribution in [0.1, 0.15) is 12.5 Å². The third kappa shape index (κ3) is 4.16. The van der Waals surface area contributed by atoms with Crippen molar-refractivity contribution >= 4 is 0 Å². The maximum absolute atomic E-state index is 13.0. The van der Waals surface area contributed by atoms with Crippen molar-refractivity contribution in [3.8, 4) is 5.75 Å². The number of phenolic OH excluding ortho intramolecular Hbond substituents is 1. The van der Waals surface area contributed by atoms with Crippen LogP contribution in [0.4, 0.5) is 4.39 Å². The highest BCUT2D eigenvalue weighted by Crippen LogP contribution is 2.15. The smallest absolute Gasteiger partial charge is 0.165 e. The molecular weight excluding hydrogens is 207 g/mol. The fourth-order valence-electron chi connectivity index (χ4n) is 1.32. The highest BCUT2D eigenvalue weighted by atomic mass is 19.1. The van der Waals surface area contributed by atoms with Crippen LogP contribution in [0.15, 0.2) is 18.2 Å². The van der Waals surface area contributed by atoms with Gasteiger partial charge in [0, 0.05) is 19.6 Å². The largest absolute Gasteiger partial charge is 0.505 e. The molecule has 0 aliphatic rings. The van der Waals surface area contributed by atoms with Gasteiger partial charge >= 0.3 is 0 Å². The average Bonchev–Trinajstić information content (AvgIpc) is 2.28. The van der Waals surface area contributed by atoms with Crippen LogP contribution in [0.2, 0.25) is 0 Å². The molecule has 0 radical (unpaired) electrons. The molecule has 4 heteroatoms. The van der Waals surface area contributed by atoms with Gasteiger partial charge in [0.15, 0.2) is 11.6 Å². The summed E-state index contributed by atoms with van der Waals surface area (Å²) in [5.41, 5.74) is 0.842. The Hall–Kier alpha value is -1.13. The molecule has 3 nitrogen and oxygen atoms in total. The molecule has 90 valence electrons. The first-order chi connectivity index (χ1) is 7.63. The molecule has 0 unspecified atom stereocenters. The summed E-state index contributed by atoms with van der Waals surface area (Å²) in [6.07, 6.45) is 0. The lowest BCUT2D eigenvalue weighted by Gasteiger charge is -2.14. The number of hydrogen-bond donors (Lipinski definition) is 2. The predicted molar refractivity (Wildman–Crippen MR) is 62.9 cm³/mol. The molecule has 0 bridgehead atoms. The molecule has 16 heavy (non-hydrogen) atoms. The molecule has 0 heterocycles. The minimum atomic E-state index is -0.565. The van der Waals surface area contributed by atoms with E-state index in [4.69, 9.17) is 5.11 Å². The molecule has 0 spiro atoms. The van der Waals surface area contributed by atoms with Crippen molar-refractivity contribution in [2.75, 3.05) is 26.7 Å². The van der Waals surface area contributed by atoms with E-state index in [1.807, 2.05) is 0 Å². The standard InChI is InChI=1S/C12H19FN2O/c1-3-15(2)7-6-14-9-10-4-5-12(16)11(13)8-10/h4-5,8,14,16H,3,6-7,9H2,1-2H3. The second-order valence-corrected chi connectivity index (χ2v) is 3.86. The molecule has 0 saturated heterocycles. The summed E-state index contributed by atoms with van der Waals surface area (Å²) in [6.45, 7) is 5.59. The molecule has 1 aromatic carbocycles. The third-order valence-electron chi connectivity index (χ3n) is 2.55. The second kappa shape index (κ2) is 6.45. The van der Waals surface area contributed by atoms with E-state index in [0.717, 1.165) is 25.2 Å². The second-order valence-electron chi connectivity index (χ2n) is 3.86. The zero-order valence-electron chi connectivity index (χ0n) is 9.83. The fourth-order valence-corrected chi connectivity index (χ4v) is 1.32. The minimum Gasteiger partial charge on any atom is -0.505 e. The van der Waals surface area contributed by atoms with Crippen LogP contribution in [-0.4, -0.2) is 36.7 Å². The fraction of sp³-hybridized carbons (Fsp3) is 0.500. The normalized spacial score (nSPS) is 11.0. The summed E-state index contributed by atoms with van der Waals surface area (Å²) in [5.74, 6) is -0.862. The number of hydrogen-bond acceptors (Lipinski definition) is 3. The van der Waals surface area contributed by atoms with Gasteiger partial charge in [-0.05, 0) is 31.3 Å². The van der Waals surface area contributed by atoms with E-state index >= 15 is 0 Å². The van der Waals surface area contributed by atoms with Crippen LogP contribution in [0.3, 0.4) is 0 Å². The van der Waals surface area contributed by atoms with Crippen LogP contribution < -0.4 is 5.32 Å². The quantitative estimate of drug-likeness (QED) is 0.723. The van der Waals surface area contributed by atoms with Gasteiger partial charge in [-0.25, -0.2) is 4.39 Å². The Balaban J connectivity index is 2.29. The molecule has 0 amide bonds. The maximum atomic E-state index is 13.0. The molecule has 1 rings (SSSR count). The molecule has 0 aliphatic heterocycles. The highest BCUT2D eigenvalue weighted by molar-refractivity contribution is 5.27. The molecule has 0 saturated carbocycles. The van der Waals surface area contributed by atoms with Gasteiger partial charge in [-0.15, -0.1) is 0 Å².